The maximum absolute atomic E-state index is 12.7. The van der Waals surface area contributed by atoms with Crippen LogP contribution in [0.4, 0.5) is 5.95 Å². The molecule has 1 aromatic carbocycles. The number of aryl methyl sites for hydroxylation is 1. The zero-order chi connectivity index (χ0) is 17.1. The Hall–Kier alpha value is -2.54. The summed E-state index contributed by atoms with van der Waals surface area (Å²) in [5.41, 5.74) is 2.27. The molecule has 25 heavy (non-hydrogen) atoms. The maximum Gasteiger partial charge on any atom is 0.258 e. The van der Waals surface area contributed by atoms with Crippen LogP contribution in [0, 0.1) is 18.8 Å². The van der Waals surface area contributed by atoms with Crippen molar-refractivity contribution in [2.45, 2.75) is 38.5 Å². The number of nitrogens with zero attached hydrogens (tertiary/aromatic N) is 4. The molecular formula is C18H18N4O3. The topological polar surface area (TPSA) is 77.3 Å². The molecule has 3 saturated heterocycles. The molecule has 2 aromatic rings. The highest BCUT2D eigenvalue weighted by Gasteiger charge is 2.63. The van der Waals surface area contributed by atoms with Crippen molar-refractivity contribution in [1.82, 2.24) is 14.8 Å². The van der Waals surface area contributed by atoms with E-state index >= 15 is 0 Å². The SMILES string of the molecule is Cc1cccc(Cn2cnc(N3C(=O)[C@@H]4[C@H](C3=O)[C@H]3CC[C@@H]4O3)n2)c1. The summed E-state index contributed by atoms with van der Waals surface area (Å²) in [5.74, 6) is -0.951. The Kier molecular flexibility index (Phi) is 3.09. The normalized spacial score (nSPS) is 30.4. The van der Waals surface area contributed by atoms with Gasteiger partial charge in [-0.25, -0.2) is 9.58 Å². The van der Waals surface area contributed by atoms with Crippen molar-refractivity contribution in [3.8, 4) is 0 Å². The van der Waals surface area contributed by atoms with Gasteiger partial charge in [-0.1, -0.05) is 29.8 Å². The van der Waals surface area contributed by atoms with Gasteiger partial charge in [-0.3, -0.25) is 9.59 Å². The maximum atomic E-state index is 12.7. The Bertz CT molecular complexity index is 849. The first-order chi connectivity index (χ1) is 12.1. The molecule has 0 saturated carbocycles. The van der Waals surface area contributed by atoms with Crippen LogP contribution in [-0.2, 0) is 20.9 Å². The van der Waals surface area contributed by atoms with Crippen LogP contribution in [0.5, 0.6) is 0 Å². The van der Waals surface area contributed by atoms with Crippen molar-refractivity contribution in [1.29, 1.82) is 0 Å². The Labute approximate surface area is 144 Å². The van der Waals surface area contributed by atoms with E-state index in [0.717, 1.165) is 23.3 Å². The van der Waals surface area contributed by atoms with Crippen LogP contribution in [0.1, 0.15) is 24.0 Å². The molecule has 4 atom stereocenters. The van der Waals surface area contributed by atoms with Gasteiger partial charge in [-0.15, -0.1) is 5.10 Å². The molecule has 0 radical (unpaired) electrons. The number of ether oxygens (including phenoxy) is 1. The van der Waals surface area contributed by atoms with E-state index in [2.05, 4.69) is 16.1 Å². The van der Waals surface area contributed by atoms with Gasteiger partial charge in [0.05, 0.1) is 30.6 Å². The lowest BCUT2D eigenvalue weighted by Gasteiger charge is -2.14. The molecule has 0 aliphatic carbocycles. The molecule has 2 bridgehead atoms. The summed E-state index contributed by atoms with van der Waals surface area (Å²) < 4.78 is 7.40. The van der Waals surface area contributed by atoms with E-state index in [1.807, 2.05) is 25.1 Å². The van der Waals surface area contributed by atoms with E-state index in [9.17, 15) is 9.59 Å². The highest BCUT2D eigenvalue weighted by molar-refractivity contribution is 6.21. The number of hydrogen-bond donors (Lipinski definition) is 0. The standard InChI is InChI=1S/C18H18N4O3/c1-10-3-2-4-11(7-10)8-21-9-19-18(20-21)22-16(23)14-12-5-6-13(25-12)15(14)17(22)24/h2-4,7,9,12-15H,5-6,8H2,1H3/t12-,13+,14-,15+. The summed E-state index contributed by atoms with van der Waals surface area (Å²) in [6.45, 7) is 2.58. The number of anilines is 1. The minimum atomic E-state index is -0.352. The minimum absolute atomic E-state index is 0.120. The first-order valence-corrected chi connectivity index (χ1v) is 8.60. The van der Waals surface area contributed by atoms with Crippen molar-refractivity contribution in [3.63, 3.8) is 0 Å². The lowest BCUT2D eigenvalue weighted by atomic mass is 9.81. The van der Waals surface area contributed by atoms with Crippen molar-refractivity contribution >= 4 is 17.8 Å². The number of rotatable bonds is 3. The highest BCUT2D eigenvalue weighted by atomic mass is 16.5. The van der Waals surface area contributed by atoms with Crippen LogP contribution < -0.4 is 4.90 Å². The Morgan fingerprint density at radius 3 is 2.56 bits per heavy atom. The lowest BCUT2D eigenvalue weighted by molar-refractivity contribution is -0.124. The fourth-order valence-corrected chi connectivity index (χ4v) is 4.37. The monoisotopic (exact) mass is 338 g/mol. The summed E-state index contributed by atoms with van der Waals surface area (Å²) in [4.78, 5) is 30.8. The second kappa shape index (κ2) is 5.23. The zero-order valence-corrected chi connectivity index (χ0v) is 13.8. The van der Waals surface area contributed by atoms with E-state index in [0.29, 0.717) is 6.54 Å². The van der Waals surface area contributed by atoms with Gasteiger partial charge in [0, 0.05) is 0 Å². The highest BCUT2D eigenvalue weighted by Crippen LogP contribution is 2.48. The van der Waals surface area contributed by atoms with Gasteiger partial charge in [0.15, 0.2) is 0 Å². The number of benzene rings is 1. The van der Waals surface area contributed by atoms with E-state index in [-0.39, 0.29) is 41.8 Å². The molecule has 3 fully saturated rings. The number of amides is 2. The van der Waals surface area contributed by atoms with Gasteiger partial charge >= 0.3 is 0 Å². The molecule has 3 aliphatic heterocycles. The van der Waals surface area contributed by atoms with Gasteiger partial charge in [-0.05, 0) is 25.3 Å². The van der Waals surface area contributed by atoms with Crippen molar-refractivity contribution in [2.24, 2.45) is 11.8 Å². The molecule has 0 unspecified atom stereocenters. The lowest BCUT2D eigenvalue weighted by Crippen LogP contribution is -2.35. The molecule has 0 N–H and O–H groups in total. The summed E-state index contributed by atoms with van der Waals surface area (Å²) in [6.07, 6.45) is 3.04. The van der Waals surface area contributed by atoms with Crippen LogP contribution in [0.3, 0.4) is 0 Å². The van der Waals surface area contributed by atoms with E-state index < -0.39 is 0 Å². The number of imide groups is 1. The average molecular weight is 338 g/mol. The van der Waals surface area contributed by atoms with E-state index in [1.165, 1.54) is 5.56 Å². The molecular weight excluding hydrogens is 320 g/mol. The largest absolute Gasteiger partial charge is 0.373 e. The quantitative estimate of drug-likeness (QED) is 0.789. The van der Waals surface area contributed by atoms with Crippen LogP contribution in [0.2, 0.25) is 0 Å². The van der Waals surface area contributed by atoms with Gasteiger partial charge in [0.25, 0.3) is 5.95 Å². The first-order valence-electron chi connectivity index (χ1n) is 8.60. The fraction of sp³-hybridized carbons (Fsp3) is 0.444. The third kappa shape index (κ3) is 2.15. The third-order valence-electron chi connectivity index (χ3n) is 5.44. The van der Waals surface area contributed by atoms with Gasteiger partial charge in [-0.2, -0.15) is 4.98 Å². The van der Waals surface area contributed by atoms with Crippen LogP contribution >= 0.6 is 0 Å². The number of fused-ring (bicyclic) bond motifs is 5. The predicted octanol–water partition coefficient (Wildman–Crippen LogP) is 1.30. The van der Waals surface area contributed by atoms with Gasteiger partial charge in [0.1, 0.15) is 6.33 Å². The molecule has 7 nitrogen and oxygen atoms in total. The van der Waals surface area contributed by atoms with E-state index in [1.54, 1.807) is 11.0 Å². The zero-order valence-electron chi connectivity index (χ0n) is 13.8. The Balaban J connectivity index is 1.40. The van der Waals surface area contributed by atoms with E-state index in [4.69, 9.17) is 4.74 Å². The van der Waals surface area contributed by atoms with Gasteiger partial charge in [0.2, 0.25) is 11.8 Å². The predicted molar refractivity (Wildman–Crippen MR) is 87.7 cm³/mol. The van der Waals surface area contributed by atoms with Crippen molar-refractivity contribution in [3.05, 3.63) is 41.7 Å². The molecule has 7 heteroatoms. The molecule has 4 heterocycles. The average Bonchev–Trinajstić information content (AvgIpc) is 3.33. The summed E-state index contributed by atoms with van der Waals surface area (Å²) >= 11 is 0. The summed E-state index contributed by atoms with van der Waals surface area (Å²) in [6, 6.07) is 8.12. The van der Waals surface area contributed by atoms with Crippen molar-refractivity contribution in [2.75, 3.05) is 4.90 Å². The second-order valence-corrected chi connectivity index (χ2v) is 7.08. The molecule has 2 amide bonds. The molecule has 1 aromatic heterocycles. The molecule has 128 valence electrons. The smallest absolute Gasteiger partial charge is 0.258 e. The number of hydrogen-bond acceptors (Lipinski definition) is 5. The number of carbonyl (C=O) groups excluding carboxylic acids is 2. The number of carbonyl (C=O) groups is 2. The van der Waals surface area contributed by atoms with Gasteiger partial charge < -0.3 is 4.74 Å². The molecule has 3 aliphatic rings. The number of aromatic nitrogens is 3. The molecule has 0 spiro atoms. The van der Waals surface area contributed by atoms with Crippen molar-refractivity contribution < 1.29 is 14.3 Å². The Morgan fingerprint density at radius 2 is 1.88 bits per heavy atom. The van der Waals surface area contributed by atoms with Crippen LogP contribution in [0.15, 0.2) is 30.6 Å². The summed E-state index contributed by atoms with van der Waals surface area (Å²) in [7, 11) is 0. The Morgan fingerprint density at radius 1 is 1.16 bits per heavy atom. The van der Waals surface area contributed by atoms with Crippen LogP contribution in [-0.4, -0.2) is 38.8 Å². The van der Waals surface area contributed by atoms with Crippen LogP contribution in [0.25, 0.3) is 0 Å². The minimum Gasteiger partial charge on any atom is -0.373 e. The second-order valence-electron chi connectivity index (χ2n) is 7.08. The molecule has 5 rings (SSSR count). The summed E-state index contributed by atoms with van der Waals surface area (Å²) in [5, 5.41) is 4.36. The first kappa shape index (κ1) is 14.8. The fourth-order valence-electron chi connectivity index (χ4n) is 4.37. The third-order valence-corrected chi connectivity index (χ3v) is 5.44.